The molecular formula is C11H15NO3. The van der Waals surface area contributed by atoms with Crippen molar-refractivity contribution in [1.82, 2.24) is 4.90 Å². The fraction of sp³-hybridized carbons (Fsp3) is 0.545. The van der Waals surface area contributed by atoms with Crippen LogP contribution in [0.5, 0.6) is 0 Å². The van der Waals surface area contributed by atoms with E-state index < -0.39 is 5.97 Å². The molecule has 2 heterocycles. The Balaban J connectivity index is 1.93. The van der Waals surface area contributed by atoms with Gasteiger partial charge in [-0.2, -0.15) is 0 Å². The monoisotopic (exact) mass is 209 g/mol. The fourth-order valence-electron chi connectivity index (χ4n) is 1.95. The lowest BCUT2D eigenvalue weighted by Crippen LogP contribution is -2.22. The Morgan fingerprint density at radius 2 is 2.53 bits per heavy atom. The molecule has 4 nitrogen and oxygen atoms in total. The number of hydrogen-bond acceptors (Lipinski definition) is 3. The van der Waals surface area contributed by atoms with E-state index in [1.54, 1.807) is 6.26 Å². The van der Waals surface area contributed by atoms with Gasteiger partial charge in [0.15, 0.2) is 0 Å². The highest BCUT2D eigenvalue weighted by atomic mass is 16.4. The number of carboxylic acid groups (broad SMARTS) is 1. The summed E-state index contributed by atoms with van der Waals surface area (Å²) < 4.78 is 5.33. The first kappa shape index (κ1) is 10.2. The molecule has 1 atom stereocenters. The van der Waals surface area contributed by atoms with Crippen molar-refractivity contribution < 1.29 is 14.3 Å². The number of aryl methyl sites for hydroxylation is 1. The van der Waals surface area contributed by atoms with Crippen LogP contribution < -0.4 is 0 Å². The van der Waals surface area contributed by atoms with E-state index in [9.17, 15) is 4.79 Å². The molecule has 0 radical (unpaired) electrons. The second-order valence-corrected chi connectivity index (χ2v) is 4.09. The Morgan fingerprint density at radius 3 is 3.07 bits per heavy atom. The first-order valence-electron chi connectivity index (χ1n) is 5.15. The number of hydrogen-bond donors (Lipinski definition) is 1. The summed E-state index contributed by atoms with van der Waals surface area (Å²) in [6.45, 7) is 4.21. The molecule has 0 bridgehead atoms. The van der Waals surface area contributed by atoms with Crippen LogP contribution in [0.4, 0.5) is 0 Å². The van der Waals surface area contributed by atoms with E-state index in [0.29, 0.717) is 6.54 Å². The molecule has 0 spiro atoms. The minimum absolute atomic E-state index is 0.208. The lowest BCUT2D eigenvalue weighted by atomic mass is 10.1. The molecule has 4 heteroatoms. The predicted octanol–water partition coefficient (Wildman–Crippen LogP) is 1.49. The van der Waals surface area contributed by atoms with E-state index in [2.05, 4.69) is 4.90 Å². The van der Waals surface area contributed by atoms with Crippen molar-refractivity contribution in [3.05, 3.63) is 23.7 Å². The molecule has 1 aromatic heterocycles. The zero-order valence-electron chi connectivity index (χ0n) is 8.77. The number of carboxylic acids is 1. The third-order valence-electron chi connectivity index (χ3n) is 2.96. The topological polar surface area (TPSA) is 53.7 Å². The van der Waals surface area contributed by atoms with Crippen molar-refractivity contribution in [1.29, 1.82) is 0 Å². The number of furan rings is 1. The Labute approximate surface area is 88.5 Å². The first-order chi connectivity index (χ1) is 7.16. The molecular weight excluding hydrogens is 194 g/mol. The lowest BCUT2D eigenvalue weighted by molar-refractivity contribution is -0.141. The summed E-state index contributed by atoms with van der Waals surface area (Å²) in [6.07, 6.45) is 2.42. The lowest BCUT2D eigenvalue weighted by Gasteiger charge is -2.13. The van der Waals surface area contributed by atoms with Gasteiger partial charge >= 0.3 is 5.97 Å². The molecule has 1 aromatic rings. The molecule has 2 rings (SSSR count). The molecule has 0 aromatic carbocycles. The number of aliphatic carboxylic acids is 1. The minimum atomic E-state index is -0.686. The Kier molecular flexibility index (Phi) is 2.77. The van der Waals surface area contributed by atoms with Crippen molar-refractivity contribution in [2.75, 3.05) is 13.1 Å². The zero-order valence-corrected chi connectivity index (χ0v) is 8.77. The number of rotatable bonds is 3. The highest BCUT2D eigenvalue weighted by Crippen LogP contribution is 2.20. The molecule has 0 amide bonds. The maximum absolute atomic E-state index is 10.8. The van der Waals surface area contributed by atoms with E-state index in [4.69, 9.17) is 9.52 Å². The summed E-state index contributed by atoms with van der Waals surface area (Å²) in [7, 11) is 0. The maximum Gasteiger partial charge on any atom is 0.307 e. The summed E-state index contributed by atoms with van der Waals surface area (Å²) in [4.78, 5) is 12.9. The molecule has 0 saturated carbocycles. The Bertz CT molecular complexity index is 358. The average Bonchev–Trinajstić information content (AvgIpc) is 2.77. The van der Waals surface area contributed by atoms with Crippen LogP contribution in [0, 0.1) is 12.8 Å². The van der Waals surface area contributed by atoms with Crippen LogP contribution in [0.15, 0.2) is 16.7 Å². The quantitative estimate of drug-likeness (QED) is 0.819. The van der Waals surface area contributed by atoms with Crippen LogP contribution >= 0.6 is 0 Å². The standard InChI is InChI=1S/C11H15NO3/c1-8-3-5-15-10(8)7-12-4-2-9(6-12)11(13)14/h3,5,9H,2,4,6-7H2,1H3,(H,13,14). The molecule has 15 heavy (non-hydrogen) atoms. The number of carbonyl (C=O) groups is 1. The van der Waals surface area contributed by atoms with Gasteiger partial charge in [-0.25, -0.2) is 0 Å². The normalized spacial score (nSPS) is 22.1. The van der Waals surface area contributed by atoms with Gasteiger partial charge in [0.1, 0.15) is 5.76 Å². The van der Waals surface area contributed by atoms with Crippen molar-refractivity contribution in [3.8, 4) is 0 Å². The van der Waals surface area contributed by atoms with Crippen LogP contribution in [-0.2, 0) is 11.3 Å². The van der Waals surface area contributed by atoms with Gasteiger partial charge in [0.25, 0.3) is 0 Å². The van der Waals surface area contributed by atoms with Crippen molar-refractivity contribution >= 4 is 5.97 Å². The Morgan fingerprint density at radius 1 is 1.73 bits per heavy atom. The minimum Gasteiger partial charge on any atom is -0.481 e. The van der Waals surface area contributed by atoms with Gasteiger partial charge in [-0.15, -0.1) is 0 Å². The third-order valence-corrected chi connectivity index (χ3v) is 2.96. The number of likely N-dealkylation sites (tertiary alicyclic amines) is 1. The zero-order chi connectivity index (χ0) is 10.8. The van der Waals surface area contributed by atoms with Gasteiger partial charge in [-0.05, 0) is 31.5 Å². The summed E-state index contributed by atoms with van der Waals surface area (Å²) in [5.74, 6) is 0.0509. The van der Waals surface area contributed by atoms with Crippen LogP contribution in [0.3, 0.4) is 0 Å². The number of nitrogens with zero attached hydrogens (tertiary/aromatic N) is 1. The van der Waals surface area contributed by atoms with Crippen molar-refractivity contribution in [2.45, 2.75) is 19.9 Å². The van der Waals surface area contributed by atoms with Crippen LogP contribution in [0.1, 0.15) is 17.7 Å². The Hall–Kier alpha value is -1.29. The van der Waals surface area contributed by atoms with Crippen LogP contribution in [0.2, 0.25) is 0 Å². The molecule has 0 aliphatic carbocycles. The maximum atomic E-state index is 10.8. The molecule has 1 unspecified atom stereocenters. The highest BCUT2D eigenvalue weighted by molar-refractivity contribution is 5.70. The molecule has 1 N–H and O–H groups in total. The molecule has 82 valence electrons. The van der Waals surface area contributed by atoms with E-state index in [1.165, 1.54) is 0 Å². The third kappa shape index (κ3) is 2.21. The fourth-order valence-corrected chi connectivity index (χ4v) is 1.95. The highest BCUT2D eigenvalue weighted by Gasteiger charge is 2.28. The van der Waals surface area contributed by atoms with Crippen molar-refractivity contribution in [2.24, 2.45) is 5.92 Å². The van der Waals surface area contributed by atoms with Gasteiger partial charge < -0.3 is 9.52 Å². The van der Waals surface area contributed by atoms with Crippen LogP contribution in [0.25, 0.3) is 0 Å². The van der Waals surface area contributed by atoms with Crippen molar-refractivity contribution in [3.63, 3.8) is 0 Å². The SMILES string of the molecule is Cc1ccoc1CN1CCC(C(=O)O)C1. The van der Waals surface area contributed by atoms with Gasteiger partial charge in [-0.3, -0.25) is 9.69 Å². The molecule has 1 fully saturated rings. The van der Waals surface area contributed by atoms with E-state index in [1.807, 2.05) is 13.0 Å². The van der Waals surface area contributed by atoms with Gasteiger partial charge in [-0.1, -0.05) is 0 Å². The van der Waals surface area contributed by atoms with E-state index in [-0.39, 0.29) is 5.92 Å². The second-order valence-electron chi connectivity index (χ2n) is 4.09. The molecule has 1 aliphatic heterocycles. The smallest absolute Gasteiger partial charge is 0.307 e. The van der Waals surface area contributed by atoms with Gasteiger partial charge in [0, 0.05) is 6.54 Å². The molecule has 1 saturated heterocycles. The van der Waals surface area contributed by atoms with Crippen LogP contribution in [-0.4, -0.2) is 29.1 Å². The predicted molar refractivity (Wildman–Crippen MR) is 54.5 cm³/mol. The summed E-state index contributed by atoms with van der Waals surface area (Å²) >= 11 is 0. The van der Waals surface area contributed by atoms with Gasteiger partial charge in [0.05, 0.1) is 18.7 Å². The summed E-state index contributed by atoms with van der Waals surface area (Å²) in [6, 6.07) is 1.93. The second kappa shape index (κ2) is 4.06. The van der Waals surface area contributed by atoms with E-state index in [0.717, 1.165) is 30.8 Å². The average molecular weight is 209 g/mol. The largest absolute Gasteiger partial charge is 0.481 e. The van der Waals surface area contributed by atoms with Gasteiger partial charge in [0.2, 0.25) is 0 Å². The summed E-state index contributed by atoms with van der Waals surface area (Å²) in [5, 5.41) is 8.86. The molecule has 1 aliphatic rings. The summed E-state index contributed by atoms with van der Waals surface area (Å²) in [5.41, 5.74) is 1.13. The first-order valence-corrected chi connectivity index (χ1v) is 5.15. The van der Waals surface area contributed by atoms with E-state index >= 15 is 0 Å².